The van der Waals surface area contributed by atoms with Crippen molar-refractivity contribution in [2.24, 2.45) is 5.92 Å². The molecule has 1 saturated carbocycles. The Hall–Kier alpha value is -3.18. The number of carboxylic acids is 1. The molecule has 0 aromatic heterocycles. The van der Waals surface area contributed by atoms with Crippen LogP contribution in [0.3, 0.4) is 0 Å². The molecule has 13 heteroatoms. The molecule has 1 fully saturated rings. The lowest BCUT2D eigenvalue weighted by molar-refractivity contribution is -0.132. The fourth-order valence-corrected chi connectivity index (χ4v) is 5.31. The van der Waals surface area contributed by atoms with Crippen LogP contribution in [0.1, 0.15) is 59.6 Å². The molecule has 11 nitrogen and oxygen atoms in total. The van der Waals surface area contributed by atoms with Crippen molar-refractivity contribution in [2.75, 3.05) is 0 Å². The van der Waals surface area contributed by atoms with E-state index >= 15 is 0 Å². The van der Waals surface area contributed by atoms with Crippen molar-refractivity contribution in [3.8, 4) is 5.75 Å². The number of hydrogen-bond acceptors (Lipinski definition) is 6. The van der Waals surface area contributed by atoms with Crippen LogP contribution >= 0.6 is 7.60 Å². The standard InChI is InChI=1S/C24H28BN2O9P/c28-22(15-5-2-1-3-6-15)27-20(14-9-11-17(12-10-14)37(33,34)35)23(29)26-19-13-16-7-4-8-18(24(30)31)21(16)36-25(19)32/h4,7-12,15,19-20,32H,1-3,5-6,13H2,(H,26,29)(H,27,28)(H,30,31)(H2,33,34,35)/t19-,20?/m0/s1. The molecular weight excluding hydrogens is 502 g/mol. The summed E-state index contributed by atoms with van der Waals surface area (Å²) in [4.78, 5) is 56.7. The van der Waals surface area contributed by atoms with Gasteiger partial charge in [-0.25, -0.2) is 4.79 Å². The van der Waals surface area contributed by atoms with Crippen LogP contribution in [0.15, 0.2) is 42.5 Å². The molecule has 37 heavy (non-hydrogen) atoms. The Balaban J connectivity index is 1.56. The van der Waals surface area contributed by atoms with E-state index in [1.807, 2.05) is 0 Å². The second-order valence-electron chi connectivity index (χ2n) is 9.34. The Morgan fingerprint density at radius 1 is 1.03 bits per heavy atom. The van der Waals surface area contributed by atoms with Crippen LogP contribution in [0.4, 0.5) is 0 Å². The lowest BCUT2D eigenvalue weighted by atomic mass is 9.72. The molecule has 6 N–H and O–H groups in total. The maximum absolute atomic E-state index is 13.4. The first-order valence-electron chi connectivity index (χ1n) is 12.0. The van der Waals surface area contributed by atoms with Crippen LogP contribution in [0.2, 0.25) is 0 Å². The van der Waals surface area contributed by atoms with Gasteiger partial charge in [0.2, 0.25) is 11.8 Å². The van der Waals surface area contributed by atoms with E-state index in [1.165, 1.54) is 36.4 Å². The second kappa shape index (κ2) is 11.1. The van der Waals surface area contributed by atoms with Gasteiger partial charge in [0, 0.05) is 5.92 Å². The van der Waals surface area contributed by atoms with Crippen molar-refractivity contribution >= 4 is 37.8 Å². The van der Waals surface area contributed by atoms with Crippen molar-refractivity contribution in [1.82, 2.24) is 10.6 Å². The molecule has 2 aliphatic rings. The zero-order chi connectivity index (χ0) is 26.7. The monoisotopic (exact) mass is 530 g/mol. The lowest BCUT2D eigenvalue weighted by Gasteiger charge is -2.31. The van der Waals surface area contributed by atoms with E-state index in [2.05, 4.69) is 10.6 Å². The van der Waals surface area contributed by atoms with E-state index in [0.29, 0.717) is 24.0 Å². The zero-order valence-corrected chi connectivity index (χ0v) is 20.8. The van der Waals surface area contributed by atoms with Gasteiger partial charge < -0.3 is 35.2 Å². The van der Waals surface area contributed by atoms with E-state index in [1.54, 1.807) is 6.07 Å². The second-order valence-corrected chi connectivity index (χ2v) is 10.9. The van der Waals surface area contributed by atoms with Crippen LogP contribution in [-0.4, -0.2) is 50.8 Å². The Labute approximate surface area is 213 Å². The third-order valence-electron chi connectivity index (χ3n) is 6.76. The number of benzene rings is 2. The van der Waals surface area contributed by atoms with Gasteiger partial charge >= 0.3 is 20.7 Å². The van der Waals surface area contributed by atoms with Crippen LogP contribution in [-0.2, 0) is 20.6 Å². The summed E-state index contributed by atoms with van der Waals surface area (Å²) < 4.78 is 17.0. The molecule has 0 spiro atoms. The van der Waals surface area contributed by atoms with Crippen molar-refractivity contribution in [2.45, 2.75) is 50.5 Å². The zero-order valence-electron chi connectivity index (χ0n) is 19.9. The van der Waals surface area contributed by atoms with Gasteiger partial charge in [-0.2, -0.15) is 0 Å². The SMILES string of the molecule is O=C(O)c1cccc2c1OB(O)[C@@H](NC(=O)C(NC(=O)C1CCCCC1)c1ccc(P(=O)(O)O)cc1)C2. The number of carboxylic acid groups (broad SMARTS) is 1. The topological polar surface area (TPSA) is 182 Å². The first-order chi connectivity index (χ1) is 17.5. The number of rotatable bonds is 7. The molecular formula is C24H28BN2O9P. The molecule has 2 aromatic rings. The van der Waals surface area contributed by atoms with E-state index in [4.69, 9.17) is 4.65 Å². The molecule has 2 aromatic carbocycles. The summed E-state index contributed by atoms with van der Waals surface area (Å²) in [7, 11) is -6.04. The number of fused-ring (bicyclic) bond motifs is 1. The van der Waals surface area contributed by atoms with Crippen LogP contribution in [0.5, 0.6) is 5.75 Å². The Morgan fingerprint density at radius 2 is 1.70 bits per heavy atom. The Bertz CT molecular complexity index is 1230. The average molecular weight is 530 g/mol. The van der Waals surface area contributed by atoms with Crippen molar-refractivity contribution < 1.29 is 43.5 Å². The Morgan fingerprint density at radius 3 is 2.32 bits per heavy atom. The molecule has 1 aliphatic heterocycles. The number of amides is 2. The first-order valence-corrected chi connectivity index (χ1v) is 13.6. The molecule has 0 saturated heterocycles. The Kier molecular flexibility index (Phi) is 8.03. The minimum atomic E-state index is -4.50. The predicted octanol–water partition coefficient (Wildman–Crippen LogP) is 1.06. The third kappa shape index (κ3) is 6.22. The van der Waals surface area contributed by atoms with Crippen molar-refractivity contribution in [3.63, 3.8) is 0 Å². The van der Waals surface area contributed by atoms with Gasteiger partial charge in [-0.05, 0) is 48.6 Å². The van der Waals surface area contributed by atoms with Gasteiger partial charge in [0.25, 0.3) is 0 Å². The van der Waals surface area contributed by atoms with Gasteiger partial charge in [-0.3, -0.25) is 14.2 Å². The minimum absolute atomic E-state index is 0.0307. The molecule has 1 unspecified atom stereocenters. The summed E-state index contributed by atoms with van der Waals surface area (Å²) >= 11 is 0. The van der Waals surface area contributed by atoms with Crippen LogP contribution < -0.4 is 20.6 Å². The lowest BCUT2D eigenvalue weighted by Crippen LogP contribution is -2.55. The maximum Gasteiger partial charge on any atom is 0.547 e. The maximum atomic E-state index is 13.4. The summed E-state index contributed by atoms with van der Waals surface area (Å²) in [5, 5.41) is 25.1. The molecule has 0 radical (unpaired) electrons. The van der Waals surface area contributed by atoms with Gasteiger partial charge in [0.05, 0.1) is 16.8 Å². The molecule has 4 rings (SSSR count). The van der Waals surface area contributed by atoms with Crippen LogP contribution in [0, 0.1) is 5.92 Å². The van der Waals surface area contributed by atoms with E-state index in [9.17, 15) is 38.9 Å². The largest absolute Gasteiger partial charge is 0.547 e. The number of nitrogens with one attached hydrogen (secondary N) is 2. The summed E-state index contributed by atoms with van der Waals surface area (Å²) in [5.74, 6) is -3.32. The van der Waals surface area contributed by atoms with Gasteiger partial charge in [-0.15, -0.1) is 0 Å². The molecule has 1 aliphatic carbocycles. The quantitative estimate of drug-likeness (QED) is 0.225. The molecule has 0 bridgehead atoms. The normalized spacial score (nSPS) is 18.8. The highest BCUT2D eigenvalue weighted by Crippen LogP contribution is 2.34. The number of aromatic carboxylic acids is 1. The minimum Gasteiger partial charge on any atom is -0.534 e. The molecule has 2 amide bonds. The van der Waals surface area contributed by atoms with E-state index in [-0.39, 0.29) is 34.9 Å². The molecule has 1 heterocycles. The van der Waals surface area contributed by atoms with Crippen molar-refractivity contribution in [1.29, 1.82) is 0 Å². The highest BCUT2D eigenvalue weighted by Gasteiger charge is 2.39. The molecule has 2 atom stereocenters. The van der Waals surface area contributed by atoms with Gasteiger partial charge in [0.1, 0.15) is 11.8 Å². The summed E-state index contributed by atoms with van der Waals surface area (Å²) in [5.41, 5.74) is 0.687. The number of para-hydroxylation sites is 1. The smallest absolute Gasteiger partial charge is 0.534 e. The highest BCUT2D eigenvalue weighted by molar-refractivity contribution is 7.60. The van der Waals surface area contributed by atoms with E-state index < -0.39 is 38.6 Å². The predicted molar refractivity (Wildman–Crippen MR) is 133 cm³/mol. The number of carbonyl (C=O) groups is 3. The fourth-order valence-electron chi connectivity index (χ4n) is 4.77. The van der Waals surface area contributed by atoms with E-state index in [0.717, 1.165) is 19.3 Å². The highest BCUT2D eigenvalue weighted by atomic mass is 31.2. The molecule has 196 valence electrons. The number of carbonyl (C=O) groups excluding carboxylic acids is 2. The summed E-state index contributed by atoms with van der Waals surface area (Å²) in [6.45, 7) is 0. The van der Waals surface area contributed by atoms with Gasteiger partial charge in [-0.1, -0.05) is 43.5 Å². The first kappa shape index (κ1) is 26.9. The fraction of sp³-hybridized carbons (Fsp3) is 0.375. The van der Waals surface area contributed by atoms with Crippen molar-refractivity contribution in [3.05, 3.63) is 59.2 Å². The number of hydrogen-bond donors (Lipinski definition) is 6. The average Bonchev–Trinajstić information content (AvgIpc) is 2.87. The third-order valence-corrected chi connectivity index (χ3v) is 7.74. The summed E-state index contributed by atoms with van der Waals surface area (Å²) in [6, 6.07) is 8.46. The van der Waals surface area contributed by atoms with Gasteiger partial charge in [0.15, 0.2) is 0 Å². The summed E-state index contributed by atoms with van der Waals surface area (Å²) in [6.07, 6.45) is 4.36. The van der Waals surface area contributed by atoms with Crippen LogP contribution in [0.25, 0.3) is 0 Å².